The summed E-state index contributed by atoms with van der Waals surface area (Å²) in [6.07, 6.45) is 21.3. The van der Waals surface area contributed by atoms with Crippen molar-refractivity contribution in [3.8, 4) is 0 Å². The fourth-order valence-electron chi connectivity index (χ4n) is 2.41. The Hall–Kier alpha value is -0.790. The molecule has 2 nitrogen and oxygen atoms in total. The van der Waals surface area contributed by atoms with E-state index in [1.807, 2.05) is 0 Å². The molecule has 1 N–H and O–H groups in total. The largest absolute Gasteiger partial charge is 0.481 e. The van der Waals surface area contributed by atoms with Gasteiger partial charge in [0.2, 0.25) is 0 Å². The molecular weight excluding hydrogens is 248 g/mol. The van der Waals surface area contributed by atoms with Gasteiger partial charge in [-0.2, -0.15) is 0 Å². The van der Waals surface area contributed by atoms with Crippen LogP contribution in [0.5, 0.6) is 0 Å². The standard InChI is InChI=1S/C18H34O2/c1-2-3-4-5-6-7-8-9-10-11-12-13-14-15-16-17-18(19)20/h3-4H,2,5-17H2,1H3,(H,19,20)/b4-3-. The van der Waals surface area contributed by atoms with Crippen LogP contribution in [-0.4, -0.2) is 11.1 Å². The highest BCUT2D eigenvalue weighted by atomic mass is 16.4. The van der Waals surface area contributed by atoms with E-state index in [0.29, 0.717) is 6.42 Å². The summed E-state index contributed by atoms with van der Waals surface area (Å²) in [7, 11) is 0. The van der Waals surface area contributed by atoms with E-state index >= 15 is 0 Å². The van der Waals surface area contributed by atoms with Crippen LogP contribution >= 0.6 is 0 Å². The number of allylic oxidation sites excluding steroid dienone is 2. The van der Waals surface area contributed by atoms with Gasteiger partial charge in [-0.1, -0.05) is 76.9 Å². The van der Waals surface area contributed by atoms with Gasteiger partial charge in [0.25, 0.3) is 0 Å². The molecule has 118 valence electrons. The van der Waals surface area contributed by atoms with Crippen molar-refractivity contribution in [1.82, 2.24) is 0 Å². The van der Waals surface area contributed by atoms with E-state index < -0.39 is 5.97 Å². The van der Waals surface area contributed by atoms with Crippen LogP contribution in [0.25, 0.3) is 0 Å². The second-order valence-corrected chi connectivity index (χ2v) is 5.70. The van der Waals surface area contributed by atoms with Gasteiger partial charge in [-0.05, 0) is 25.7 Å². The van der Waals surface area contributed by atoms with Crippen molar-refractivity contribution >= 4 is 5.97 Å². The molecule has 0 saturated carbocycles. The number of hydrogen-bond donors (Lipinski definition) is 1. The zero-order valence-electron chi connectivity index (χ0n) is 13.4. The third kappa shape index (κ3) is 17.2. The lowest BCUT2D eigenvalue weighted by Crippen LogP contribution is -1.93. The summed E-state index contributed by atoms with van der Waals surface area (Å²) >= 11 is 0. The molecule has 0 heterocycles. The van der Waals surface area contributed by atoms with Crippen molar-refractivity contribution < 1.29 is 9.90 Å². The zero-order valence-corrected chi connectivity index (χ0v) is 13.4. The fraction of sp³-hybridized carbons (Fsp3) is 0.833. The second kappa shape index (κ2) is 16.3. The average Bonchev–Trinajstić information content (AvgIpc) is 2.43. The number of unbranched alkanes of at least 4 members (excludes halogenated alkanes) is 11. The topological polar surface area (TPSA) is 37.3 Å². The number of rotatable bonds is 15. The molecule has 0 rings (SSSR count). The van der Waals surface area contributed by atoms with Gasteiger partial charge in [-0.25, -0.2) is 0 Å². The molecule has 0 amide bonds. The van der Waals surface area contributed by atoms with E-state index in [1.165, 1.54) is 64.2 Å². The molecule has 0 aliphatic carbocycles. The summed E-state index contributed by atoms with van der Waals surface area (Å²) in [4.78, 5) is 10.3. The molecular formula is C18H34O2. The molecule has 0 radical (unpaired) electrons. The van der Waals surface area contributed by atoms with Crippen LogP contribution in [0.15, 0.2) is 12.2 Å². The maximum atomic E-state index is 10.3. The van der Waals surface area contributed by atoms with Crippen LogP contribution in [0.1, 0.15) is 96.8 Å². The number of carboxylic acid groups (broad SMARTS) is 1. The SMILES string of the molecule is CC/C=C\CCCCCCCCCCCCCC(=O)O. The number of aliphatic carboxylic acids is 1. The quantitative estimate of drug-likeness (QED) is 0.291. The third-order valence-electron chi connectivity index (χ3n) is 3.66. The molecule has 0 aromatic rings. The first-order valence-corrected chi connectivity index (χ1v) is 8.64. The Bertz CT molecular complexity index is 234. The minimum Gasteiger partial charge on any atom is -0.481 e. The van der Waals surface area contributed by atoms with Gasteiger partial charge >= 0.3 is 5.97 Å². The third-order valence-corrected chi connectivity index (χ3v) is 3.66. The molecule has 0 fully saturated rings. The lowest BCUT2D eigenvalue weighted by atomic mass is 10.0. The van der Waals surface area contributed by atoms with Gasteiger partial charge in [-0.15, -0.1) is 0 Å². The summed E-state index contributed by atoms with van der Waals surface area (Å²) in [5.41, 5.74) is 0. The van der Waals surface area contributed by atoms with E-state index in [4.69, 9.17) is 5.11 Å². The molecule has 0 aliphatic rings. The van der Waals surface area contributed by atoms with Gasteiger partial charge < -0.3 is 5.11 Å². The van der Waals surface area contributed by atoms with Crippen LogP contribution in [0, 0.1) is 0 Å². The summed E-state index contributed by atoms with van der Waals surface area (Å²) in [5, 5.41) is 8.51. The Labute approximate surface area is 125 Å². The van der Waals surface area contributed by atoms with Crippen LogP contribution in [0.3, 0.4) is 0 Å². The zero-order chi connectivity index (χ0) is 14.9. The smallest absolute Gasteiger partial charge is 0.303 e. The molecule has 0 spiro atoms. The van der Waals surface area contributed by atoms with Gasteiger partial charge in [0.05, 0.1) is 0 Å². The predicted octanol–water partition coefficient (Wildman–Crippen LogP) is 6.11. The summed E-state index contributed by atoms with van der Waals surface area (Å²) in [6, 6.07) is 0. The normalized spacial score (nSPS) is 11.2. The highest BCUT2D eigenvalue weighted by molar-refractivity contribution is 5.66. The number of carbonyl (C=O) groups is 1. The molecule has 0 aromatic heterocycles. The molecule has 0 unspecified atom stereocenters. The first-order valence-electron chi connectivity index (χ1n) is 8.64. The molecule has 0 bridgehead atoms. The van der Waals surface area contributed by atoms with Gasteiger partial charge in [0.1, 0.15) is 0 Å². The lowest BCUT2D eigenvalue weighted by molar-refractivity contribution is -0.137. The van der Waals surface area contributed by atoms with Crippen LogP contribution in [-0.2, 0) is 4.79 Å². The van der Waals surface area contributed by atoms with Gasteiger partial charge in [0.15, 0.2) is 0 Å². The van der Waals surface area contributed by atoms with Crippen molar-refractivity contribution in [1.29, 1.82) is 0 Å². The maximum Gasteiger partial charge on any atom is 0.303 e. The number of carboxylic acids is 1. The molecule has 20 heavy (non-hydrogen) atoms. The summed E-state index contributed by atoms with van der Waals surface area (Å²) in [6.45, 7) is 2.18. The molecule has 0 aromatic carbocycles. The Balaban J connectivity index is 2.99. The van der Waals surface area contributed by atoms with Crippen molar-refractivity contribution in [3.05, 3.63) is 12.2 Å². The highest BCUT2D eigenvalue weighted by Crippen LogP contribution is 2.12. The van der Waals surface area contributed by atoms with Crippen molar-refractivity contribution in [2.75, 3.05) is 0 Å². The maximum absolute atomic E-state index is 10.3. The first kappa shape index (κ1) is 19.2. The van der Waals surface area contributed by atoms with E-state index in [1.54, 1.807) is 0 Å². The van der Waals surface area contributed by atoms with Crippen molar-refractivity contribution in [2.45, 2.75) is 96.8 Å². The molecule has 2 heteroatoms. The lowest BCUT2D eigenvalue weighted by Gasteiger charge is -2.02. The highest BCUT2D eigenvalue weighted by Gasteiger charge is 1.96. The van der Waals surface area contributed by atoms with E-state index in [9.17, 15) is 4.79 Å². The Morgan fingerprint density at radius 2 is 1.20 bits per heavy atom. The van der Waals surface area contributed by atoms with Gasteiger partial charge in [-0.3, -0.25) is 4.79 Å². The van der Waals surface area contributed by atoms with E-state index in [0.717, 1.165) is 19.3 Å². The Kier molecular flexibility index (Phi) is 15.6. The number of hydrogen-bond acceptors (Lipinski definition) is 1. The van der Waals surface area contributed by atoms with E-state index in [2.05, 4.69) is 19.1 Å². The molecule has 0 atom stereocenters. The monoisotopic (exact) mass is 282 g/mol. The molecule has 0 aliphatic heterocycles. The Morgan fingerprint density at radius 3 is 1.65 bits per heavy atom. The van der Waals surface area contributed by atoms with Crippen LogP contribution in [0.4, 0.5) is 0 Å². The van der Waals surface area contributed by atoms with Crippen molar-refractivity contribution in [2.24, 2.45) is 0 Å². The van der Waals surface area contributed by atoms with Crippen LogP contribution < -0.4 is 0 Å². The second-order valence-electron chi connectivity index (χ2n) is 5.70. The fourth-order valence-corrected chi connectivity index (χ4v) is 2.41. The summed E-state index contributed by atoms with van der Waals surface area (Å²) in [5.74, 6) is -0.657. The predicted molar refractivity (Wildman–Crippen MR) is 87.1 cm³/mol. The van der Waals surface area contributed by atoms with Crippen molar-refractivity contribution in [3.63, 3.8) is 0 Å². The van der Waals surface area contributed by atoms with E-state index in [-0.39, 0.29) is 0 Å². The Morgan fingerprint density at radius 1 is 0.750 bits per heavy atom. The summed E-state index contributed by atoms with van der Waals surface area (Å²) < 4.78 is 0. The van der Waals surface area contributed by atoms with Crippen LogP contribution in [0.2, 0.25) is 0 Å². The van der Waals surface area contributed by atoms with Gasteiger partial charge in [0, 0.05) is 6.42 Å². The minimum atomic E-state index is -0.657. The average molecular weight is 282 g/mol. The first-order chi connectivity index (χ1) is 9.77. The minimum absolute atomic E-state index is 0.341. The molecule has 0 saturated heterocycles.